The average Bonchev–Trinajstić information content (AvgIpc) is 3.29. The normalized spacial score (nSPS) is 11.5. The van der Waals surface area contributed by atoms with E-state index in [1.807, 2.05) is 12.1 Å². The van der Waals surface area contributed by atoms with Crippen LogP contribution in [0.5, 0.6) is 0 Å². The monoisotopic (exact) mass is 727 g/mol. The van der Waals surface area contributed by atoms with Crippen LogP contribution in [-0.4, -0.2) is 19.9 Å². The highest BCUT2D eigenvalue weighted by molar-refractivity contribution is 6.09. The molecule has 0 radical (unpaired) electrons. The molecule has 0 bridgehead atoms. The van der Waals surface area contributed by atoms with Crippen molar-refractivity contribution in [2.75, 3.05) is 4.90 Å². The van der Waals surface area contributed by atoms with Gasteiger partial charge in [-0.2, -0.15) is 0 Å². The van der Waals surface area contributed by atoms with Crippen LogP contribution < -0.4 is 4.90 Å². The highest BCUT2D eigenvalue weighted by atomic mass is 15.1. The van der Waals surface area contributed by atoms with Crippen LogP contribution >= 0.6 is 0 Å². The van der Waals surface area contributed by atoms with Crippen molar-refractivity contribution in [1.29, 1.82) is 0 Å². The van der Waals surface area contributed by atoms with E-state index in [9.17, 15) is 0 Å². The molecule has 2 heterocycles. The average molecular weight is 728 g/mol. The lowest BCUT2D eigenvalue weighted by molar-refractivity contribution is 1.28. The van der Waals surface area contributed by atoms with Gasteiger partial charge >= 0.3 is 0 Å². The van der Waals surface area contributed by atoms with Gasteiger partial charge in [0.1, 0.15) is 0 Å². The standard InChI is InChI=1S/C52H33N5/c1-2-4-37-29-38(6-5-34(37)3-1)39-13-21-47-42(30-39)7-8-43-31-46(20-22-48(43)47)57(44-16-9-35(10-17-44)40-14-23-49-51(32-40)55-27-25-53-49)45-18-11-36(12-19-45)41-15-24-50-52(33-41)56-28-26-54-50/h1-33H. The second-order valence-corrected chi connectivity index (χ2v) is 14.4. The molecule has 0 aliphatic carbocycles. The van der Waals surface area contributed by atoms with E-state index < -0.39 is 0 Å². The van der Waals surface area contributed by atoms with E-state index >= 15 is 0 Å². The van der Waals surface area contributed by atoms with Crippen LogP contribution in [-0.2, 0) is 0 Å². The van der Waals surface area contributed by atoms with Crippen LogP contribution in [0.2, 0.25) is 0 Å². The van der Waals surface area contributed by atoms with Crippen molar-refractivity contribution < 1.29 is 0 Å². The van der Waals surface area contributed by atoms with Gasteiger partial charge in [0.25, 0.3) is 0 Å². The molecule has 9 aromatic carbocycles. The molecular weight excluding hydrogens is 695 g/mol. The van der Waals surface area contributed by atoms with Crippen LogP contribution in [0.1, 0.15) is 0 Å². The summed E-state index contributed by atoms with van der Waals surface area (Å²) in [7, 11) is 0. The number of hydrogen-bond acceptors (Lipinski definition) is 5. The van der Waals surface area contributed by atoms with Crippen molar-refractivity contribution >= 4 is 71.4 Å². The summed E-state index contributed by atoms with van der Waals surface area (Å²) in [6, 6.07) is 63.4. The molecule has 11 rings (SSSR count). The minimum Gasteiger partial charge on any atom is -0.310 e. The van der Waals surface area contributed by atoms with E-state index in [0.717, 1.165) is 61.4 Å². The van der Waals surface area contributed by atoms with Gasteiger partial charge in [0.15, 0.2) is 0 Å². The third-order valence-electron chi connectivity index (χ3n) is 11.0. The van der Waals surface area contributed by atoms with Crippen molar-refractivity contribution in [2.45, 2.75) is 0 Å². The second-order valence-electron chi connectivity index (χ2n) is 14.4. The molecule has 0 unspecified atom stereocenters. The first kappa shape index (κ1) is 32.7. The Morgan fingerprint density at radius 3 is 1.26 bits per heavy atom. The lowest BCUT2D eigenvalue weighted by Crippen LogP contribution is -2.09. The second kappa shape index (κ2) is 13.5. The number of fused-ring (bicyclic) bond motifs is 6. The molecule has 11 aromatic rings. The molecule has 0 amide bonds. The number of hydrogen-bond donors (Lipinski definition) is 0. The molecular formula is C52H33N5. The van der Waals surface area contributed by atoms with Crippen molar-refractivity contribution in [3.63, 3.8) is 0 Å². The summed E-state index contributed by atoms with van der Waals surface area (Å²) in [6.07, 6.45) is 6.93. The number of anilines is 3. The van der Waals surface area contributed by atoms with Gasteiger partial charge in [-0.15, -0.1) is 0 Å². The zero-order valence-electron chi connectivity index (χ0n) is 30.8. The lowest BCUT2D eigenvalue weighted by Gasteiger charge is -2.26. The lowest BCUT2D eigenvalue weighted by atomic mass is 9.96. The first-order valence-electron chi connectivity index (χ1n) is 19.1. The largest absolute Gasteiger partial charge is 0.310 e. The Kier molecular flexibility index (Phi) is 7.74. The Bertz CT molecular complexity index is 3180. The first-order chi connectivity index (χ1) is 28.2. The maximum Gasteiger partial charge on any atom is 0.0892 e. The Morgan fingerprint density at radius 1 is 0.263 bits per heavy atom. The molecule has 5 nitrogen and oxygen atoms in total. The third-order valence-corrected chi connectivity index (χ3v) is 11.0. The summed E-state index contributed by atoms with van der Waals surface area (Å²) in [5.41, 5.74) is 13.6. The zero-order valence-corrected chi connectivity index (χ0v) is 30.8. The number of aromatic nitrogens is 4. The molecule has 0 saturated carbocycles. The summed E-state index contributed by atoms with van der Waals surface area (Å²) in [5.74, 6) is 0. The minimum atomic E-state index is 0.882. The number of benzene rings is 9. The van der Waals surface area contributed by atoms with Crippen LogP contribution in [0.25, 0.3) is 87.8 Å². The van der Waals surface area contributed by atoms with Crippen LogP contribution in [0, 0.1) is 0 Å². The summed E-state index contributed by atoms with van der Waals surface area (Å²) >= 11 is 0. The van der Waals surface area contributed by atoms with E-state index in [-0.39, 0.29) is 0 Å². The molecule has 0 aliphatic rings. The minimum absolute atomic E-state index is 0.882. The highest BCUT2D eigenvalue weighted by Crippen LogP contribution is 2.40. The molecule has 5 heteroatoms. The molecule has 0 atom stereocenters. The third kappa shape index (κ3) is 5.99. The smallest absolute Gasteiger partial charge is 0.0892 e. The van der Waals surface area contributed by atoms with E-state index in [1.54, 1.807) is 24.8 Å². The van der Waals surface area contributed by atoms with Crippen molar-refractivity contribution in [3.8, 4) is 33.4 Å². The molecule has 266 valence electrons. The fourth-order valence-electron chi connectivity index (χ4n) is 8.09. The van der Waals surface area contributed by atoms with Gasteiger partial charge in [0.2, 0.25) is 0 Å². The molecule has 0 spiro atoms. The summed E-state index contributed by atoms with van der Waals surface area (Å²) in [6.45, 7) is 0. The SMILES string of the molecule is c1ccc2cc(-c3ccc4c(ccc5cc(N(c6ccc(-c7ccc8nccnc8c7)cc6)c6ccc(-c7ccc8nccnc8c7)cc6)ccc54)c3)ccc2c1. The Balaban J connectivity index is 0.981. The summed E-state index contributed by atoms with van der Waals surface area (Å²) in [5, 5.41) is 7.39. The van der Waals surface area contributed by atoms with Gasteiger partial charge in [-0.1, -0.05) is 103 Å². The van der Waals surface area contributed by atoms with Gasteiger partial charge < -0.3 is 4.90 Å². The van der Waals surface area contributed by atoms with Crippen LogP contribution in [0.15, 0.2) is 201 Å². The Hall–Kier alpha value is -7.76. The zero-order chi connectivity index (χ0) is 37.7. The quantitative estimate of drug-likeness (QED) is 0.160. The first-order valence-corrected chi connectivity index (χ1v) is 19.1. The highest BCUT2D eigenvalue weighted by Gasteiger charge is 2.15. The Morgan fingerprint density at radius 2 is 0.667 bits per heavy atom. The van der Waals surface area contributed by atoms with E-state index in [2.05, 4.69) is 189 Å². The molecule has 0 fully saturated rings. The van der Waals surface area contributed by atoms with Gasteiger partial charge in [-0.25, -0.2) is 0 Å². The molecule has 0 N–H and O–H groups in total. The Labute approximate surface area is 329 Å². The summed E-state index contributed by atoms with van der Waals surface area (Å²) < 4.78 is 0. The van der Waals surface area contributed by atoms with Crippen LogP contribution in [0.3, 0.4) is 0 Å². The topological polar surface area (TPSA) is 54.8 Å². The summed E-state index contributed by atoms with van der Waals surface area (Å²) in [4.78, 5) is 20.3. The van der Waals surface area contributed by atoms with E-state index in [1.165, 1.54) is 43.4 Å². The van der Waals surface area contributed by atoms with Crippen molar-refractivity contribution in [1.82, 2.24) is 19.9 Å². The molecule has 0 saturated heterocycles. The van der Waals surface area contributed by atoms with Crippen LogP contribution in [0.4, 0.5) is 17.1 Å². The number of rotatable bonds is 6. The van der Waals surface area contributed by atoms with Crippen molar-refractivity contribution in [3.05, 3.63) is 201 Å². The molecule has 0 aliphatic heterocycles. The van der Waals surface area contributed by atoms with E-state index in [0.29, 0.717) is 0 Å². The predicted molar refractivity (Wildman–Crippen MR) is 236 cm³/mol. The maximum absolute atomic E-state index is 4.53. The number of nitrogens with zero attached hydrogens (tertiary/aromatic N) is 5. The molecule has 2 aromatic heterocycles. The van der Waals surface area contributed by atoms with Gasteiger partial charge in [0.05, 0.1) is 22.1 Å². The maximum atomic E-state index is 4.53. The van der Waals surface area contributed by atoms with E-state index in [4.69, 9.17) is 0 Å². The fraction of sp³-hybridized carbons (Fsp3) is 0. The van der Waals surface area contributed by atoms with Gasteiger partial charge in [-0.05, 0) is 138 Å². The predicted octanol–water partition coefficient (Wildman–Crippen LogP) is 13.5. The fourth-order valence-corrected chi connectivity index (χ4v) is 8.09. The van der Waals surface area contributed by atoms with Gasteiger partial charge in [0, 0.05) is 41.8 Å². The molecule has 57 heavy (non-hydrogen) atoms. The van der Waals surface area contributed by atoms with Crippen molar-refractivity contribution in [2.24, 2.45) is 0 Å². The van der Waals surface area contributed by atoms with Gasteiger partial charge in [-0.3, -0.25) is 19.9 Å².